The van der Waals surface area contributed by atoms with Crippen LogP contribution in [0, 0.1) is 18.8 Å². The highest BCUT2D eigenvalue weighted by Crippen LogP contribution is 2.20. The minimum Gasteiger partial charge on any atom is -0.340 e. The maximum atomic E-state index is 12.5. The molecule has 1 amide bonds. The zero-order chi connectivity index (χ0) is 14.8. The van der Waals surface area contributed by atoms with Gasteiger partial charge in [-0.3, -0.25) is 9.69 Å². The zero-order valence-electron chi connectivity index (χ0n) is 12.8. The second kappa shape index (κ2) is 6.42. The molecule has 0 bridgehead atoms. The molecule has 116 valence electrons. The molecular weight excluding hydrogens is 284 g/mol. The van der Waals surface area contributed by atoms with Crippen molar-refractivity contribution < 1.29 is 4.79 Å². The number of nitrogens with zero attached hydrogens (tertiary/aromatic N) is 3. The van der Waals surface area contributed by atoms with Gasteiger partial charge < -0.3 is 10.2 Å². The molecule has 21 heavy (non-hydrogen) atoms. The Hall–Kier alpha value is -0.980. The first kappa shape index (κ1) is 14.9. The van der Waals surface area contributed by atoms with Gasteiger partial charge in [0.1, 0.15) is 0 Å². The summed E-state index contributed by atoms with van der Waals surface area (Å²) in [4.78, 5) is 21.5. The monoisotopic (exact) mass is 308 g/mol. The highest BCUT2D eigenvalue weighted by atomic mass is 32.1. The van der Waals surface area contributed by atoms with Crippen molar-refractivity contribution in [3.8, 4) is 0 Å². The molecule has 1 aromatic heterocycles. The molecule has 2 fully saturated rings. The van der Waals surface area contributed by atoms with Crippen LogP contribution in [0.1, 0.15) is 17.6 Å². The van der Waals surface area contributed by atoms with Crippen LogP contribution in [-0.4, -0.2) is 60.0 Å². The number of aryl methyl sites for hydroxylation is 1. The molecule has 2 atom stereocenters. The van der Waals surface area contributed by atoms with Crippen molar-refractivity contribution in [2.24, 2.45) is 11.8 Å². The van der Waals surface area contributed by atoms with Crippen LogP contribution in [0.2, 0.25) is 0 Å². The number of amides is 1. The first-order valence-electron chi connectivity index (χ1n) is 7.76. The Balaban J connectivity index is 1.49. The smallest absolute Gasteiger partial charge is 0.227 e. The van der Waals surface area contributed by atoms with E-state index in [-0.39, 0.29) is 5.92 Å². The average molecular weight is 308 g/mol. The van der Waals surface area contributed by atoms with Gasteiger partial charge in [-0.15, -0.1) is 11.3 Å². The molecule has 0 aromatic carbocycles. The summed E-state index contributed by atoms with van der Waals surface area (Å²) in [6, 6.07) is 0. The van der Waals surface area contributed by atoms with Crippen LogP contribution in [0.25, 0.3) is 0 Å². The van der Waals surface area contributed by atoms with Gasteiger partial charge in [0, 0.05) is 44.6 Å². The van der Waals surface area contributed by atoms with Gasteiger partial charge >= 0.3 is 0 Å². The van der Waals surface area contributed by atoms with Crippen LogP contribution >= 0.6 is 11.3 Å². The Kier molecular flexibility index (Phi) is 4.57. The lowest BCUT2D eigenvalue weighted by Gasteiger charge is -2.36. The first-order valence-corrected chi connectivity index (χ1v) is 8.64. The summed E-state index contributed by atoms with van der Waals surface area (Å²) in [5, 5.41) is 6.58. The van der Waals surface area contributed by atoms with E-state index in [1.807, 2.05) is 6.92 Å². The van der Waals surface area contributed by atoms with Gasteiger partial charge in [-0.05, 0) is 19.4 Å². The SMILES string of the molecule is Cc1nc(CN2CCN(C(=O)C3CNCC3C)CC2)cs1. The molecule has 1 N–H and O–H groups in total. The van der Waals surface area contributed by atoms with Gasteiger partial charge in [-0.2, -0.15) is 0 Å². The predicted octanol–water partition coefficient (Wildman–Crippen LogP) is 0.951. The average Bonchev–Trinajstić information content (AvgIpc) is 3.08. The van der Waals surface area contributed by atoms with Crippen molar-refractivity contribution in [3.05, 3.63) is 16.1 Å². The standard InChI is InChI=1S/C15H24N4OS/c1-11-7-16-8-14(11)15(20)19-5-3-18(4-6-19)9-13-10-21-12(2)17-13/h10-11,14,16H,3-9H2,1-2H3. The van der Waals surface area contributed by atoms with E-state index in [1.54, 1.807) is 11.3 Å². The van der Waals surface area contributed by atoms with Crippen molar-refractivity contribution in [2.45, 2.75) is 20.4 Å². The van der Waals surface area contributed by atoms with Gasteiger partial charge in [0.2, 0.25) is 5.91 Å². The summed E-state index contributed by atoms with van der Waals surface area (Å²) in [6.07, 6.45) is 0. The van der Waals surface area contributed by atoms with Crippen molar-refractivity contribution >= 4 is 17.2 Å². The molecule has 0 aliphatic carbocycles. The normalized spacial score (nSPS) is 27.2. The number of carbonyl (C=O) groups excluding carboxylic acids is 1. The molecule has 2 aliphatic rings. The molecule has 0 spiro atoms. The Morgan fingerprint density at radius 2 is 2.14 bits per heavy atom. The number of thiazole rings is 1. The molecule has 5 nitrogen and oxygen atoms in total. The third kappa shape index (κ3) is 3.44. The van der Waals surface area contributed by atoms with Crippen LogP contribution in [-0.2, 0) is 11.3 Å². The quantitative estimate of drug-likeness (QED) is 0.903. The van der Waals surface area contributed by atoms with E-state index < -0.39 is 0 Å². The molecule has 0 saturated carbocycles. The Labute approximate surface area is 130 Å². The van der Waals surface area contributed by atoms with E-state index in [0.29, 0.717) is 11.8 Å². The fourth-order valence-corrected chi connectivity index (χ4v) is 3.82. The van der Waals surface area contributed by atoms with Crippen molar-refractivity contribution in [1.82, 2.24) is 20.1 Å². The first-order chi connectivity index (χ1) is 10.1. The van der Waals surface area contributed by atoms with Crippen LogP contribution in [0.15, 0.2) is 5.38 Å². The van der Waals surface area contributed by atoms with E-state index in [2.05, 4.69) is 32.4 Å². The highest BCUT2D eigenvalue weighted by molar-refractivity contribution is 7.09. The summed E-state index contributed by atoms with van der Waals surface area (Å²) >= 11 is 1.71. The molecule has 0 radical (unpaired) electrons. The van der Waals surface area contributed by atoms with Crippen molar-refractivity contribution in [3.63, 3.8) is 0 Å². The molecule has 2 unspecified atom stereocenters. The summed E-state index contributed by atoms with van der Waals surface area (Å²) < 4.78 is 0. The van der Waals surface area contributed by atoms with Gasteiger partial charge in [0.15, 0.2) is 0 Å². The number of nitrogens with one attached hydrogen (secondary N) is 1. The highest BCUT2D eigenvalue weighted by Gasteiger charge is 2.33. The number of carbonyl (C=O) groups is 1. The van der Waals surface area contributed by atoms with E-state index in [4.69, 9.17) is 0 Å². The van der Waals surface area contributed by atoms with Crippen LogP contribution in [0.4, 0.5) is 0 Å². The predicted molar refractivity (Wildman–Crippen MR) is 84.2 cm³/mol. The summed E-state index contributed by atoms with van der Waals surface area (Å²) in [5.74, 6) is 0.989. The van der Waals surface area contributed by atoms with E-state index in [1.165, 1.54) is 0 Å². The fourth-order valence-electron chi connectivity index (χ4n) is 3.21. The number of hydrogen-bond donors (Lipinski definition) is 1. The molecule has 2 aliphatic heterocycles. The van der Waals surface area contributed by atoms with Gasteiger partial charge in [0.05, 0.1) is 16.6 Å². The minimum absolute atomic E-state index is 0.178. The minimum atomic E-state index is 0.178. The lowest BCUT2D eigenvalue weighted by atomic mass is 9.96. The molecule has 1 aromatic rings. The van der Waals surface area contributed by atoms with Crippen molar-refractivity contribution in [1.29, 1.82) is 0 Å². The summed E-state index contributed by atoms with van der Waals surface area (Å²) in [5.41, 5.74) is 1.16. The zero-order valence-corrected chi connectivity index (χ0v) is 13.7. The number of piperazine rings is 1. The third-order valence-electron chi connectivity index (χ3n) is 4.57. The van der Waals surface area contributed by atoms with E-state index in [9.17, 15) is 4.79 Å². The molecule has 3 heterocycles. The molecule has 2 saturated heterocycles. The number of aromatic nitrogens is 1. The lowest BCUT2D eigenvalue weighted by Crippen LogP contribution is -2.50. The van der Waals surface area contributed by atoms with E-state index in [0.717, 1.165) is 56.5 Å². The fraction of sp³-hybridized carbons (Fsp3) is 0.733. The largest absolute Gasteiger partial charge is 0.340 e. The molecule has 6 heteroatoms. The number of hydrogen-bond acceptors (Lipinski definition) is 5. The van der Waals surface area contributed by atoms with Crippen molar-refractivity contribution in [2.75, 3.05) is 39.3 Å². The van der Waals surface area contributed by atoms with Gasteiger partial charge in [0.25, 0.3) is 0 Å². The maximum Gasteiger partial charge on any atom is 0.227 e. The summed E-state index contributed by atoms with van der Waals surface area (Å²) in [7, 11) is 0. The lowest BCUT2D eigenvalue weighted by molar-refractivity contribution is -0.137. The Bertz CT molecular complexity index is 496. The molecule has 3 rings (SSSR count). The van der Waals surface area contributed by atoms with Gasteiger partial charge in [-0.25, -0.2) is 4.98 Å². The third-order valence-corrected chi connectivity index (χ3v) is 5.39. The van der Waals surface area contributed by atoms with Crippen LogP contribution in [0.3, 0.4) is 0 Å². The second-order valence-electron chi connectivity index (χ2n) is 6.20. The van der Waals surface area contributed by atoms with Gasteiger partial charge in [-0.1, -0.05) is 6.92 Å². The topological polar surface area (TPSA) is 48.5 Å². The Morgan fingerprint density at radius 1 is 1.38 bits per heavy atom. The number of rotatable bonds is 3. The van der Waals surface area contributed by atoms with Crippen LogP contribution in [0.5, 0.6) is 0 Å². The Morgan fingerprint density at radius 3 is 2.71 bits per heavy atom. The molecular formula is C15H24N4OS. The van der Waals surface area contributed by atoms with E-state index >= 15 is 0 Å². The van der Waals surface area contributed by atoms with Crippen LogP contribution < -0.4 is 5.32 Å². The summed E-state index contributed by atoms with van der Waals surface area (Å²) in [6.45, 7) is 10.6. The second-order valence-corrected chi connectivity index (χ2v) is 7.26. The maximum absolute atomic E-state index is 12.5.